The zero-order chi connectivity index (χ0) is 22.0. The molecule has 0 aromatic heterocycles. The topological polar surface area (TPSA) is 92.8 Å². The van der Waals surface area contributed by atoms with Gasteiger partial charge in [-0.15, -0.1) is 0 Å². The first-order valence-corrected chi connectivity index (χ1v) is 12.0. The minimum absolute atomic E-state index is 0.0347. The largest absolute Gasteiger partial charge is 0.462 e. The van der Waals surface area contributed by atoms with Crippen molar-refractivity contribution >= 4 is 21.9 Å². The number of esters is 1. The zero-order valence-electron chi connectivity index (χ0n) is 17.4. The Labute approximate surface area is 182 Å². The summed E-state index contributed by atoms with van der Waals surface area (Å²) in [6.45, 7) is 2.21. The van der Waals surface area contributed by atoms with E-state index in [1.165, 1.54) is 28.6 Å². The number of rotatable bonds is 9. The summed E-state index contributed by atoms with van der Waals surface area (Å²) >= 11 is 0. The Hall–Kier alpha value is -2.71. The van der Waals surface area contributed by atoms with Gasteiger partial charge in [0.1, 0.15) is 0 Å². The van der Waals surface area contributed by atoms with Crippen LogP contribution in [0, 0.1) is 0 Å². The molecule has 0 bridgehead atoms. The van der Waals surface area contributed by atoms with Crippen molar-refractivity contribution < 1.29 is 22.7 Å². The van der Waals surface area contributed by atoms with Gasteiger partial charge in [0.05, 0.1) is 17.1 Å². The number of hydrogen-bond donors (Lipinski definition) is 1. The minimum atomic E-state index is -3.72. The molecule has 2 aromatic carbocycles. The number of nitrogens with zero attached hydrogens (tertiary/aromatic N) is 1. The molecular formula is C23H26N2O5S. The van der Waals surface area contributed by atoms with E-state index in [0.717, 1.165) is 31.2 Å². The van der Waals surface area contributed by atoms with Gasteiger partial charge in [0.2, 0.25) is 10.0 Å². The summed E-state index contributed by atoms with van der Waals surface area (Å²) in [7, 11) is -3.72. The van der Waals surface area contributed by atoms with Crippen molar-refractivity contribution in [3.63, 3.8) is 0 Å². The minimum Gasteiger partial charge on any atom is -0.462 e. The average Bonchev–Trinajstić information content (AvgIpc) is 3.68. The maximum absolute atomic E-state index is 13.3. The van der Waals surface area contributed by atoms with Crippen LogP contribution in [0.3, 0.4) is 0 Å². The highest BCUT2D eigenvalue weighted by Crippen LogP contribution is 2.33. The number of benzene rings is 2. The Morgan fingerprint density at radius 1 is 0.968 bits per heavy atom. The van der Waals surface area contributed by atoms with Gasteiger partial charge in [-0.2, -0.15) is 4.31 Å². The fraction of sp³-hybridized carbons (Fsp3) is 0.391. The maximum atomic E-state index is 13.3. The smallest absolute Gasteiger partial charge is 0.338 e. The lowest BCUT2D eigenvalue weighted by Crippen LogP contribution is -2.32. The standard InChI is InChI=1S/C23H26N2O5S/c1-2-30-23(27)18-7-13-21(14-8-18)31(28,29)25(20-11-12-20)15-16-3-5-17(6-4-16)22(26)24-19-9-10-19/h3-8,13-14,19-20H,2,9-12,15H2,1H3,(H,24,26). The molecule has 164 valence electrons. The van der Waals surface area contributed by atoms with Crippen molar-refractivity contribution in [2.45, 2.75) is 56.1 Å². The van der Waals surface area contributed by atoms with Gasteiger partial charge in [0, 0.05) is 24.2 Å². The van der Waals surface area contributed by atoms with Gasteiger partial charge in [-0.1, -0.05) is 12.1 Å². The molecule has 2 aliphatic rings. The molecule has 0 radical (unpaired) electrons. The third kappa shape index (κ3) is 5.14. The average molecular weight is 443 g/mol. The van der Waals surface area contributed by atoms with Crippen LogP contribution in [0.2, 0.25) is 0 Å². The Morgan fingerprint density at radius 2 is 1.58 bits per heavy atom. The maximum Gasteiger partial charge on any atom is 0.338 e. The van der Waals surface area contributed by atoms with Crippen LogP contribution >= 0.6 is 0 Å². The molecule has 1 amide bonds. The quantitative estimate of drug-likeness (QED) is 0.603. The van der Waals surface area contributed by atoms with Gasteiger partial charge in [-0.25, -0.2) is 13.2 Å². The van der Waals surface area contributed by atoms with Crippen LogP contribution in [0.15, 0.2) is 53.4 Å². The van der Waals surface area contributed by atoms with E-state index in [-0.39, 0.29) is 36.0 Å². The second-order valence-corrected chi connectivity index (χ2v) is 9.86. The number of carbonyl (C=O) groups excluding carboxylic acids is 2. The molecule has 1 N–H and O–H groups in total. The van der Waals surface area contributed by atoms with Gasteiger partial charge >= 0.3 is 5.97 Å². The van der Waals surface area contributed by atoms with E-state index in [2.05, 4.69) is 5.32 Å². The summed E-state index contributed by atoms with van der Waals surface area (Å²) in [6.07, 6.45) is 3.70. The van der Waals surface area contributed by atoms with Crippen molar-refractivity contribution in [1.29, 1.82) is 0 Å². The van der Waals surface area contributed by atoms with Crippen molar-refractivity contribution in [2.75, 3.05) is 6.61 Å². The number of nitrogens with one attached hydrogen (secondary N) is 1. The molecule has 0 unspecified atom stereocenters. The summed E-state index contributed by atoms with van der Waals surface area (Å²) in [4.78, 5) is 24.1. The third-order valence-corrected chi connectivity index (χ3v) is 7.31. The van der Waals surface area contributed by atoms with E-state index < -0.39 is 16.0 Å². The third-order valence-electron chi connectivity index (χ3n) is 5.39. The van der Waals surface area contributed by atoms with E-state index in [1.807, 2.05) is 0 Å². The first kappa shape index (κ1) is 21.5. The molecular weight excluding hydrogens is 416 g/mol. The first-order valence-electron chi connectivity index (χ1n) is 10.6. The number of ether oxygens (including phenoxy) is 1. The van der Waals surface area contributed by atoms with E-state index in [4.69, 9.17) is 4.74 Å². The van der Waals surface area contributed by atoms with Crippen molar-refractivity contribution in [2.24, 2.45) is 0 Å². The fourth-order valence-electron chi connectivity index (χ4n) is 3.32. The van der Waals surface area contributed by atoms with Gasteiger partial charge in [-0.3, -0.25) is 4.79 Å². The first-order chi connectivity index (χ1) is 14.9. The van der Waals surface area contributed by atoms with Gasteiger partial charge in [0.25, 0.3) is 5.91 Å². The molecule has 4 rings (SSSR count). The van der Waals surface area contributed by atoms with Crippen molar-refractivity contribution in [3.05, 3.63) is 65.2 Å². The molecule has 0 atom stereocenters. The Morgan fingerprint density at radius 3 is 2.13 bits per heavy atom. The molecule has 2 aromatic rings. The molecule has 0 aliphatic heterocycles. The van der Waals surface area contributed by atoms with Crippen molar-refractivity contribution in [3.8, 4) is 0 Å². The lowest BCUT2D eigenvalue weighted by molar-refractivity contribution is 0.0526. The monoisotopic (exact) mass is 442 g/mol. The lowest BCUT2D eigenvalue weighted by atomic mass is 10.1. The molecule has 0 heterocycles. The highest BCUT2D eigenvalue weighted by atomic mass is 32.2. The number of hydrogen-bond acceptors (Lipinski definition) is 5. The van der Waals surface area contributed by atoms with E-state index in [9.17, 15) is 18.0 Å². The Kier molecular flexibility index (Phi) is 6.11. The van der Waals surface area contributed by atoms with Crippen LogP contribution < -0.4 is 5.32 Å². The molecule has 2 saturated carbocycles. The van der Waals surface area contributed by atoms with Crippen LogP contribution in [-0.4, -0.2) is 43.3 Å². The highest BCUT2D eigenvalue weighted by Gasteiger charge is 2.38. The lowest BCUT2D eigenvalue weighted by Gasteiger charge is -2.22. The fourth-order valence-corrected chi connectivity index (χ4v) is 5.00. The SMILES string of the molecule is CCOC(=O)c1ccc(S(=O)(=O)N(Cc2ccc(C(=O)NC3CC3)cc2)C2CC2)cc1. The van der Waals surface area contributed by atoms with E-state index in [0.29, 0.717) is 11.1 Å². The van der Waals surface area contributed by atoms with Crippen LogP contribution in [0.5, 0.6) is 0 Å². The van der Waals surface area contributed by atoms with Crippen LogP contribution in [-0.2, 0) is 21.3 Å². The van der Waals surface area contributed by atoms with Crippen LogP contribution in [0.25, 0.3) is 0 Å². The van der Waals surface area contributed by atoms with Crippen LogP contribution in [0.1, 0.15) is 58.9 Å². The van der Waals surface area contributed by atoms with Gasteiger partial charge < -0.3 is 10.1 Å². The Bertz CT molecular complexity index is 1060. The molecule has 7 nitrogen and oxygen atoms in total. The molecule has 8 heteroatoms. The predicted molar refractivity (Wildman–Crippen MR) is 115 cm³/mol. The van der Waals surface area contributed by atoms with Gasteiger partial charge in [-0.05, 0) is 74.6 Å². The Balaban J connectivity index is 1.49. The number of sulfonamides is 1. The van der Waals surface area contributed by atoms with E-state index in [1.54, 1.807) is 31.2 Å². The summed E-state index contributed by atoms with van der Waals surface area (Å²) < 4.78 is 33.0. The molecule has 2 fully saturated rings. The van der Waals surface area contributed by atoms with Crippen molar-refractivity contribution in [1.82, 2.24) is 9.62 Å². The van der Waals surface area contributed by atoms with Gasteiger partial charge in [0.15, 0.2) is 0 Å². The highest BCUT2D eigenvalue weighted by molar-refractivity contribution is 7.89. The molecule has 0 spiro atoms. The second-order valence-electron chi connectivity index (χ2n) is 7.97. The number of amides is 1. The summed E-state index contributed by atoms with van der Waals surface area (Å²) in [6, 6.07) is 13.2. The summed E-state index contributed by atoms with van der Waals surface area (Å²) in [5.41, 5.74) is 1.71. The summed E-state index contributed by atoms with van der Waals surface area (Å²) in [5, 5.41) is 2.95. The van der Waals surface area contributed by atoms with Crippen LogP contribution in [0.4, 0.5) is 0 Å². The molecule has 31 heavy (non-hydrogen) atoms. The predicted octanol–water partition coefficient (Wildman–Crippen LogP) is 3.11. The normalized spacial score (nSPS) is 16.2. The second kappa shape index (κ2) is 8.80. The number of carbonyl (C=O) groups is 2. The van der Waals surface area contributed by atoms with E-state index >= 15 is 0 Å². The molecule has 0 saturated heterocycles. The molecule has 2 aliphatic carbocycles. The summed E-state index contributed by atoms with van der Waals surface area (Å²) in [5.74, 6) is -0.571. The zero-order valence-corrected chi connectivity index (χ0v) is 18.2.